The number of nitrogens with one attached hydrogen (secondary N) is 1. The Labute approximate surface area is 120 Å². The minimum absolute atomic E-state index is 0.154. The van der Waals surface area contributed by atoms with Gasteiger partial charge in [-0.15, -0.1) is 11.3 Å². The van der Waals surface area contributed by atoms with Crippen molar-refractivity contribution in [3.05, 3.63) is 53.1 Å². The number of allylic oxidation sites excluding steroid dienone is 1. The number of thiazole rings is 1. The number of hydrogen-bond acceptors (Lipinski definition) is 3. The average molecular weight is 311 g/mol. The number of rotatable bonds is 3. The summed E-state index contributed by atoms with van der Waals surface area (Å²) in [4.78, 5) is 18.3. The van der Waals surface area contributed by atoms with Gasteiger partial charge in [-0.05, 0) is 24.3 Å². The average Bonchev–Trinajstić information content (AvgIpc) is 3.11. The van der Waals surface area contributed by atoms with E-state index in [1.54, 1.807) is 23.7 Å². The third-order valence-corrected chi connectivity index (χ3v) is 3.58. The molecular weight excluding hydrogens is 303 g/mol. The van der Waals surface area contributed by atoms with Gasteiger partial charge in [-0.2, -0.15) is 13.2 Å². The molecule has 3 heterocycles. The Hall–Kier alpha value is -2.35. The van der Waals surface area contributed by atoms with E-state index in [2.05, 4.69) is 9.97 Å². The zero-order valence-corrected chi connectivity index (χ0v) is 11.2. The number of halogens is 3. The first-order chi connectivity index (χ1) is 9.97. The molecule has 0 bridgehead atoms. The topological polar surface area (TPSA) is 50.2 Å². The number of H-pyrrole nitrogens is 1. The minimum Gasteiger partial charge on any atom is -0.359 e. The lowest BCUT2D eigenvalue weighted by molar-refractivity contribution is -0.140. The molecule has 0 spiro atoms. The number of hydrogen-bond donors (Lipinski definition) is 1. The van der Waals surface area contributed by atoms with Gasteiger partial charge in [0.15, 0.2) is 10.7 Å². The SMILES string of the molecule is O=C(C=Cc1c(C(F)(F)F)nc2sccn12)c1ccc[nH]1. The van der Waals surface area contributed by atoms with E-state index >= 15 is 0 Å². The lowest BCUT2D eigenvalue weighted by Crippen LogP contribution is -2.08. The molecule has 0 atom stereocenters. The van der Waals surface area contributed by atoms with Gasteiger partial charge in [-0.25, -0.2) is 4.98 Å². The molecule has 0 aliphatic rings. The van der Waals surface area contributed by atoms with Crippen LogP contribution in [0.1, 0.15) is 21.9 Å². The second-order valence-corrected chi connectivity index (χ2v) is 5.05. The molecule has 3 rings (SSSR count). The molecule has 0 aromatic carbocycles. The van der Waals surface area contributed by atoms with Crippen molar-refractivity contribution in [3.63, 3.8) is 0 Å². The fourth-order valence-corrected chi connectivity index (χ4v) is 2.62. The molecule has 0 saturated heterocycles. The highest BCUT2D eigenvalue weighted by Crippen LogP contribution is 2.33. The van der Waals surface area contributed by atoms with Crippen LogP contribution in [0, 0.1) is 0 Å². The van der Waals surface area contributed by atoms with Crippen molar-refractivity contribution >= 4 is 28.2 Å². The van der Waals surface area contributed by atoms with Crippen molar-refractivity contribution in [2.75, 3.05) is 0 Å². The van der Waals surface area contributed by atoms with E-state index in [1.807, 2.05) is 0 Å². The highest BCUT2D eigenvalue weighted by molar-refractivity contribution is 7.15. The molecule has 108 valence electrons. The first-order valence-corrected chi connectivity index (χ1v) is 6.73. The van der Waals surface area contributed by atoms with Gasteiger partial charge < -0.3 is 4.98 Å². The number of nitrogens with zero attached hydrogens (tertiary/aromatic N) is 2. The molecule has 0 radical (unpaired) electrons. The van der Waals surface area contributed by atoms with E-state index in [9.17, 15) is 18.0 Å². The smallest absolute Gasteiger partial charge is 0.359 e. The van der Waals surface area contributed by atoms with Crippen molar-refractivity contribution in [2.24, 2.45) is 0 Å². The van der Waals surface area contributed by atoms with Crippen molar-refractivity contribution in [3.8, 4) is 0 Å². The molecule has 3 aromatic heterocycles. The Balaban J connectivity index is 2.03. The van der Waals surface area contributed by atoms with Gasteiger partial charge >= 0.3 is 6.18 Å². The lowest BCUT2D eigenvalue weighted by Gasteiger charge is -2.03. The van der Waals surface area contributed by atoms with E-state index in [1.165, 1.54) is 10.6 Å². The largest absolute Gasteiger partial charge is 0.435 e. The summed E-state index contributed by atoms with van der Waals surface area (Å²) in [5, 5.41) is 1.63. The third kappa shape index (κ3) is 2.49. The van der Waals surface area contributed by atoms with E-state index in [0.717, 1.165) is 23.5 Å². The van der Waals surface area contributed by atoms with E-state index in [0.29, 0.717) is 5.69 Å². The number of fused-ring (bicyclic) bond motifs is 1. The predicted molar refractivity (Wildman–Crippen MR) is 72.2 cm³/mol. The molecule has 0 saturated carbocycles. The van der Waals surface area contributed by atoms with E-state index in [4.69, 9.17) is 0 Å². The van der Waals surface area contributed by atoms with Crippen molar-refractivity contribution in [1.29, 1.82) is 0 Å². The summed E-state index contributed by atoms with van der Waals surface area (Å²) < 4.78 is 40.2. The zero-order valence-electron chi connectivity index (χ0n) is 10.4. The van der Waals surface area contributed by atoms with Crippen LogP contribution in [-0.2, 0) is 6.18 Å². The Morgan fingerprint density at radius 3 is 2.90 bits per heavy atom. The van der Waals surface area contributed by atoms with Crippen LogP contribution in [0.3, 0.4) is 0 Å². The van der Waals surface area contributed by atoms with Crippen LogP contribution in [0.15, 0.2) is 36.0 Å². The quantitative estimate of drug-likeness (QED) is 0.593. The van der Waals surface area contributed by atoms with Crippen LogP contribution in [-0.4, -0.2) is 20.2 Å². The number of aromatic nitrogens is 3. The molecule has 0 fully saturated rings. The Morgan fingerprint density at radius 2 is 2.24 bits per heavy atom. The molecule has 21 heavy (non-hydrogen) atoms. The normalized spacial score (nSPS) is 12.5. The molecule has 4 nitrogen and oxygen atoms in total. The highest BCUT2D eigenvalue weighted by Gasteiger charge is 2.37. The van der Waals surface area contributed by atoms with Gasteiger partial charge in [-0.1, -0.05) is 0 Å². The number of carbonyl (C=O) groups excluding carboxylic acids is 1. The van der Waals surface area contributed by atoms with Crippen LogP contribution in [0.2, 0.25) is 0 Å². The number of carbonyl (C=O) groups is 1. The van der Waals surface area contributed by atoms with Gasteiger partial charge in [0, 0.05) is 17.8 Å². The highest BCUT2D eigenvalue weighted by atomic mass is 32.1. The predicted octanol–water partition coefficient (Wildman–Crippen LogP) is 3.64. The molecule has 3 aromatic rings. The van der Waals surface area contributed by atoms with E-state index < -0.39 is 17.7 Å². The maximum absolute atomic E-state index is 13.0. The monoisotopic (exact) mass is 311 g/mol. The number of ketones is 1. The van der Waals surface area contributed by atoms with Gasteiger partial charge in [0.1, 0.15) is 0 Å². The summed E-state index contributed by atoms with van der Waals surface area (Å²) in [5.74, 6) is -0.404. The fraction of sp³-hybridized carbons (Fsp3) is 0.0769. The summed E-state index contributed by atoms with van der Waals surface area (Å²) in [7, 11) is 0. The summed E-state index contributed by atoms with van der Waals surface area (Å²) in [5.41, 5.74) is -0.838. The summed E-state index contributed by atoms with van der Waals surface area (Å²) in [6.45, 7) is 0. The lowest BCUT2D eigenvalue weighted by atomic mass is 10.2. The fourth-order valence-electron chi connectivity index (χ4n) is 1.90. The first-order valence-electron chi connectivity index (χ1n) is 5.85. The van der Waals surface area contributed by atoms with Crippen LogP contribution in [0.4, 0.5) is 13.2 Å². The summed E-state index contributed by atoms with van der Waals surface area (Å²) in [6.07, 6.45) is 0.723. The maximum Gasteiger partial charge on any atom is 0.435 e. The molecule has 1 N–H and O–H groups in total. The van der Waals surface area contributed by atoms with Gasteiger partial charge in [0.25, 0.3) is 0 Å². The molecule has 0 aliphatic carbocycles. The van der Waals surface area contributed by atoms with Crippen molar-refractivity contribution < 1.29 is 18.0 Å². The maximum atomic E-state index is 13.0. The number of aromatic amines is 1. The second-order valence-electron chi connectivity index (χ2n) is 4.18. The van der Waals surface area contributed by atoms with Crippen LogP contribution >= 0.6 is 11.3 Å². The van der Waals surface area contributed by atoms with Gasteiger partial charge in [0.2, 0.25) is 5.78 Å². The molecule has 0 amide bonds. The molecule has 8 heteroatoms. The van der Waals surface area contributed by atoms with Crippen LogP contribution < -0.4 is 0 Å². The van der Waals surface area contributed by atoms with Crippen LogP contribution in [0.25, 0.3) is 11.0 Å². The minimum atomic E-state index is -4.57. The Bertz CT molecular complexity index is 812. The standard InChI is InChI=1S/C13H8F3N3OS/c14-13(15,16)11-9(19-6-7-21-12(19)18-11)3-4-10(20)8-2-1-5-17-8/h1-7,17H. The van der Waals surface area contributed by atoms with Crippen molar-refractivity contribution in [2.45, 2.75) is 6.18 Å². The van der Waals surface area contributed by atoms with E-state index in [-0.39, 0.29) is 10.7 Å². The Kier molecular flexibility index (Phi) is 3.17. The third-order valence-electron chi connectivity index (χ3n) is 2.82. The molecule has 0 unspecified atom stereocenters. The number of imidazole rings is 1. The molecule has 0 aliphatic heterocycles. The summed E-state index contributed by atoms with van der Waals surface area (Å²) in [6, 6.07) is 3.19. The second kappa shape index (κ2) is 4.88. The Morgan fingerprint density at radius 1 is 1.43 bits per heavy atom. The van der Waals surface area contributed by atoms with Crippen molar-refractivity contribution in [1.82, 2.24) is 14.4 Å². The first kappa shape index (κ1) is 13.6. The zero-order chi connectivity index (χ0) is 15.0. The molecular formula is C13H8F3N3OS. The van der Waals surface area contributed by atoms with Crippen LogP contribution in [0.5, 0.6) is 0 Å². The summed E-state index contributed by atoms with van der Waals surface area (Å²) >= 11 is 1.10. The van der Waals surface area contributed by atoms with Gasteiger partial charge in [-0.3, -0.25) is 9.20 Å². The van der Waals surface area contributed by atoms with Gasteiger partial charge in [0.05, 0.1) is 11.4 Å². The number of alkyl halides is 3.